The van der Waals surface area contributed by atoms with E-state index in [1.54, 1.807) is 36.4 Å². The third-order valence-electron chi connectivity index (χ3n) is 2.84. The summed E-state index contributed by atoms with van der Waals surface area (Å²) >= 11 is 0. The Hall–Kier alpha value is -2.38. The van der Waals surface area contributed by atoms with E-state index in [2.05, 4.69) is 5.32 Å². The second-order valence-electron chi connectivity index (χ2n) is 4.68. The zero-order valence-electron chi connectivity index (χ0n) is 12.4. The molecular formula is C15H15NO7P-. The fourth-order valence-corrected chi connectivity index (χ4v) is 2.53. The first kappa shape index (κ1) is 18.0. The Morgan fingerprint density at radius 3 is 1.75 bits per heavy atom. The van der Waals surface area contributed by atoms with Gasteiger partial charge in [0.2, 0.25) is 0 Å². The molecule has 128 valence electrons. The van der Waals surface area contributed by atoms with E-state index in [4.69, 9.17) is 9.47 Å². The van der Waals surface area contributed by atoms with Gasteiger partial charge in [-0.15, -0.1) is 0 Å². The first-order valence-electron chi connectivity index (χ1n) is 6.81. The second-order valence-corrected chi connectivity index (χ2v) is 6.36. The van der Waals surface area contributed by atoms with Crippen molar-refractivity contribution in [3.8, 4) is 11.5 Å². The summed E-state index contributed by atoms with van der Waals surface area (Å²) in [5.41, 5.74) is -2.73. The van der Waals surface area contributed by atoms with Crippen molar-refractivity contribution in [2.45, 2.75) is 5.65 Å². The molecule has 0 aliphatic rings. The molecular weight excluding hydrogens is 337 g/mol. The van der Waals surface area contributed by atoms with Crippen LogP contribution in [0, 0.1) is 0 Å². The molecule has 8 nitrogen and oxygen atoms in total. The summed E-state index contributed by atoms with van der Waals surface area (Å²) in [6.45, 7) is -0.898. The maximum atomic E-state index is 12.0. The number of ether oxygens (including phenoxy) is 2. The van der Waals surface area contributed by atoms with Gasteiger partial charge in [0.05, 0.1) is 5.97 Å². The van der Waals surface area contributed by atoms with Crippen LogP contribution < -0.4 is 19.9 Å². The normalized spacial score (nSPS) is 11.8. The van der Waals surface area contributed by atoms with Gasteiger partial charge in [0, 0.05) is 6.54 Å². The lowest BCUT2D eigenvalue weighted by Crippen LogP contribution is -2.57. The number of benzene rings is 2. The molecule has 0 atom stereocenters. The molecule has 9 heteroatoms. The van der Waals surface area contributed by atoms with E-state index in [1.807, 2.05) is 0 Å². The van der Waals surface area contributed by atoms with Crippen molar-refractivity contribution in [3.05, 3.63) is 60.7 Å². The fraction of sp³-hybridized carbons (Fsp3) is 0.133. The lowest BCUT2D eigenvalue weighted by molar-refractivity contribution is -0.305. The zero-order chi connectivity index (χ0) is 17.6. The van der Waals surface area contributed by atoms with Crippen LogP contribution in [0.15, 0.2) is 60.7 Å². The minimum absolute atomic E-state index is 0.0719. The summed E-state index contributed by atoms with van der Waals surface area (Å²) in [6.07, 6.45) is 0. The van der Waals surface area contributed by atoms with Gasteiger partial charge in [-0.25, -0.2) is 9.88 Å². The van der Waals surface area contributed by atoms with Crippen LogP contribution in [-0.2, 0) is 9.36 Å². The molecule has 0 spiro atoms. The van der Waals surface area contributed by atoms with Crippen LogP contribution in [0.5, 0.6) is 11.5 Å². The number of hydrogen-bond acceptors (Lipinski definition) is 6. The smallest absolute Gasteiger partial charge is 0.428 e. The summed E-state index contributed by atoms with van der Waals surface area (Å²) in [5.74, 6) is -1.44. The molecule has 0 aliphatic heterocycles. The van der Waals surface area contributed by atoms with E-state index < -0.39 is 25.8 Å². The minimum atomic E-state index is -5.14. The van der Waals surface area contributed by atoms with Crippen LogP contribution in [0.25, 0.3) is 0 Å². The number of carbonyl (C=O) groups excluding carboxylic acids is 1. The van der Waals surface area contributed by atoms with Crippen molar-refractivity contribution in [2.24, 2.45) is 0 Å². The highest BCUT2D eigenvalue weighted by Gasteiger charge is 2.53. The van der Waals surface area contributed by atoms with Crippen LogP contribution in [0.3, 0.4) is 0 Å². The number of aliphatic carboxylic acids is 1. The molecule has 0 bridgehead atoms. The Kier molecular flexibility index (Phi) is 5.58. The third-order valence-corrected chi connectivity index (χ3v) is 3.95. The Labute approximate surface area is 137 Å². The number of para-hydroxylation sites is 2. The quantitative estimate of drug-likeness (QED) is 0.456. The number of hydrogen-bond donors (Lipinski definition) is 3. The number of nitrogens with one attached hydrogen (secondary N) is 1. The Morgan fingerprint density at radius 1 is 1.00 bits per heavy atom. The number of carboxylic acids is 1. The largest absolute Gasteiger partial charge is 0.549 e. The van der Waals surface area contributed by atoms with Gasteiger partial charge in [0.1, 0.15) is 11.5 Å². The summed E-state index contributed by atoms with van der Waals surface area (Å²) in [6, 6.07) is 15.5. The molecule has 24 heavy (non-hydrogen) atoms. The predicted molar refractivity (Wildman–Crippen MR) is 81.9 cm³/mol. The lowest BCUT2D eigenvalue weighted by atomic mass is 10.3. The summed E-state index contributed by atoms with van der Waals surface area (Å²) in [4.78, 5) is 30.2. The number of carboxylic acid groups (broad SMARTS) is 1. The molecule has 0 aliphatic carbocycles. The van der Waals surface area contributed by atoms with Crippen LogP contribution in [0.1, 0.15) is 0 Å². The first-order chi connectivity index (χ1) is 11.3. The fourth-order valence-electron chi connectivity index (χ4n) is 1.80. The lowest BCUT2D eigenvalue weighted by Gasteiger charge is -2.35. The van der Waals surface area contributed by atoms with Gasteiger partial charge in [0.25, 0.3) is 0 Å². The Morgan fingerprint density at radius 2 is 1.42 bits per heavy atom. The van der Waals surface area contributed by atoms with Gasteiger partial charge in [-0.2, -0.15) is 0 Å². The van der Waals surface area contributed by atoms with Crippen molar-refractivity contribution in [1.29, 1.82) is 0 Å². The zero-order valence-corrected chi connectivity index (χ0v) is 13.3. The highest BCUT2D eigenvalue weighted by atomic mass is 31.2. The van der Waals surface area contributed by atoms with Crippen LogP contribution >= 0.6 is 7.60 Å². The van der Waals surface area contributed by atoms with Gasteiger partial charge < -0.3 is 29.2 Å². The molecule has 0 aromatic heterocycles. The maximum Gasteiger partial charge on any atom is 0.428 e. The first-order valence-corrected chi connectivity index (χ1v) is 8.42. The molecule has 0 fully saturated rings. The van der Waals surface area contributed by atoms with Gasteiger partial charge in [-0.1, -0.05) is 36.4 Å². The predicted octanol–water partition coefficient (Wildman–Crippen LogP) is 0.273. The van der Waals surface area contributed by atoms with Crippen molar-refractivity contribution >= 4 is 13.6 Å². The van der Waals surface area contributed by atoms with E-state index in [0.29, 0.717) is 0 Å². The third kappa shape index (κ3) is 4.56. The van der Waals surface area contributed by atoms with E-state index in [-0.39, 0.29) is 11.5 Å². The van der Waals surface area contributed by atoms with Crippen molar-refractivity contribution in [3.63, 3.8) is 0 Å². The van der Waals surface area contributed by atoms with Gasteiger partial charge in [-0.3, -0.25) is 0 Å². The molecule has 0 amide bonds. The van der Waals surface area contributed by atoms with Crippen LogP contribution in [0.2, 0.25) is 0 Å². The molecule has 0 saturated carbocycles. The van der Waals surface area contributed by atoms with Crippen molar-refractivity contribution in [2.75, 3.05) is 6.54 Å². The van der Waals surface area contributed by atoms with E-state index >= 15 is 0 Å². The molecule has 0 heterocycles. The van der Waals surface area contributed by atoms with Crippen LogP contribution in [0.4, 0.5) is 0 Å². The van der Waals surface area contributed by atoms with E-state index in [0.717, 1.165) is 0 Å². The maximum absolute atomic E-state index is 12.0. The van der Waals surface area contributed by atoms with Gasteiger partial charge >= 0.3 is 13.2 Å². The molecule has 0 saturated heterocycles. The monoisotopic (exact) mass is 352 g/mol. The molecule has 3 N–H and O–H groups in total. The van der Waals surface area contributed by atoms with E-state index in [1.165, 1.54) is 24.3 Å². The Bertz CT molecular complexity index is 676. The molecule has 2 aromatic carbocycles. The topological polar surface area (TPSA) is 128 Å². The average molecular weight is 352 g/mol. The molecule has 0 unspecified atom stereocenters. The molecule has 2 aromatic rings. The van der Waals surface area contributed by atoms with Gasteiger partial charge in [-0.05, 0) is 24.3 Å². The highest BCUT2D eigenvalue weighted by molar-refractivity contribution is 7.53. The van der Waals surface area contributed by atoms with Gasteiger partial charge in [0.15, 0.2) is 0 Å². The standard InChI is InChI=1S/C15H16NO7P/c17-14(18)11-16-15(24(19,20)21,22-12-7-3-1-4-8-12)23-13-9-5-2-6-10-13/h1-10,16H,11H2,(H,17,18)(H2,19,20,21)/p-1. The average Bonchev–Trinajstić information content (AvgIpc) is 2.53. The number of carbonyl (C=O) groups is 1. The van der Waals surface area contributed by atoms with E-state index in [9.17, 15) is 24.3 Å². The van der Waals surface area contributed by atoms with Crippen molar-refractivity contribution in [1.82, 2.24) is 5.32 Å². The summed E-state index contributed by atoms with van der Waals surface area (Å²) in [7, 11) is -5.14. The number of rotatable bonds is 8. The molecule has 0 radical (unpaired) electrons. The highest BCUT2D eigenvalue weighted by Crippen LogP contribution is 2.50. The SMILES string of the molecule is O=C([O-])CNC(Oc1ccccc1)(Oc1ccccc1)P(=O)(O)O. The van der Waals surface area contributed by atoms with Crippen LogP contribution in [-0.4, -0.2) is 28.0 Å². The summed E-state index contributed by atoms with van der Waals surface area (Å²) in [5, 5.41) is 12.8. The molecule has 2 rings (SSSR count). The summed E-state index contributed by atoms with van der Waals surface area (Å²) < 4.78 is 22.7. The Balaban J connectivity index is 2.42. The second kappa shape index (κ2) is 7.46. The minimum Gasteiger partial charge on any atom is -0.549 e. The van der Waals surface area contributed by atoms with Crippen molar-refractivity contribution < 1.29 is 33.7 Å².